The predicted molar refractivity (Wildman–Crippen MR) is 118 cm³/mol. The van der Waals surface area contributed by atoms with Crippen LogP contribution >= 0.6 is 11.8 Å². The summed E-state index contributed by atoms with van der Waals surface area (Å²) in [5, 5.41) is 24.9. The fraction of sp³-hybridized carbons (Fsp3) is 0.722. The molecule has 0 spiro atoms. The predicted octanol–water partition coefficient (Wildman–Crippen LogP) is -3.40. The van der Waals surface area contributed by atoms with Crippen molar-refractivity contribution >= 4 is 41.4 Å². The first kappa shape index (κ1) is 29.6. The van der Waals surface area contributed by atoms with Gasteiger partial charge >= 0.3 is 5.97 Å². The molecule has 0 aromatic rings. The number of thioether (sulfide) groups is 1. The molecular weight excluding hydrogens is 444 g/mol. The number of carbonyl (C=O) groups excluding carboxylic acids is 4. The Balaban J connectivity index is 5.38. The van der Waals surface area contributed by atoms with Gasteiger partial charge in [-0.25, -0.2) is 4.79 Å². The van der Waals surface area contributed by atoms with Crippen molar-refractivity contribution < 1.29 is 34.2 Å². The number of carboxylic acids is 1. The maximum absolute atomic E-state index is 12.8. The number of hydrogen-bond donors (Lipinski definition) is 8. The number of nitrogens with one attached hydrogen (secondary N) is 3. The van der Waals surface area contributed by atoms with Crippen LogP contribution in [-0.2, 0) is 24.0 Å². The number of primary amides is 1. The zero-order valence-electron chi connectivity index (χ0n) is 18.0. The smallest absolute Gasteiger partial charge is 0.328 e. The van der Waals surface area contributed by atoms with Crippen LogP contribution in [0.25, 0.3) is 0 Å². The second kappa shape index (κ2) is 16.2. The molecule has 0 saturated carbocycles. The molecule has 0 aliphatic rings. The number of rotatable bonds is 17. The van der Waals surface area contributed by atoms with Crippen molar-refractivity contribution in [3.05, 3.63) is 0 Å². The van der Waals surface area contributed by atoms with Gasteiger partial charge in [0.15, 0.2) is 0 Å². The van der Waals surface area contributed by atoms with E-state index < -0.39 is 66.8 Å². The second-order valence-corrected chi connectivity index (χ2v) is 8.03. The van der Waals surface area contributed by atoms with Crippen molar-refractivity contribution in [1.82, 2.24) is 16.0 Å². The van der Waals surface area contributed by atoms with Crippen LogP contribution in [0.4, 0.5) is 0 Å². The number of carboxylic acid groups (broad SMARTS) is 1. The Morgan fingerprint density at radius 2 is 1.47 bits per heavy atom. The summed E-state index contributed by atoms with van der Waals surface area (Å²) in [6.07, 6.45) is 2.92. The molecule has 32 heavy (non-hydrogen) atoms. The molecule has 0 aliphatic heterocycles. The van der Waals surface area contributed by atoms with E-state index >= 15 is 0 Å². The van der Waals surface area contributed by atoms with E-state index in [2.05, 4.69) is 10.6 Å². The third-order valence-corrected chi connectivity index (χ3v) is 5.03. The number of nitrogens with two attached hydrogens (primary N) is 3. The van der Waals surface area contributed by atoms with Gasteiger partial charge in [0, 0.05) is 0 Å². The number of aliphatic carboxylic acids is 1. The SMILES string of the molecule is CSCCC(N)C(=O)NC(CCCCN)C(=O)NC(CC(N)=O)C(=O)NC(CO)C(=O)O. The van der Waals surface area contributed by atoms with Gasteiger partial charge in [0.1, 0.15) is 18.1 Å². The quantitative estimate of drug-likeness (QED) is 0.0963. The first-order valence-electron chi connectivity index (χ1n) is 10.0. The number of aliphatic hydroxyl groups is 1. The van der Waals surface area contributed by atoms with Crippen LogP contribution in [0, 0.1) is 0 Å². The number of aliphatic hydroxyl groups excluding tert-OH is 1. The molecule has 184 valence electrons. The molecule has 0 saturated heterocycles. The van der Waals surface area contributed by atoms with E-state index in [1.165, 1.54) is 11.8 Å². The summed E-state index contributed by atoms with van der Waals surface area (Å²) in [5.74, 6) is -4.13. The van der Waals surface area contributed by atoms with Gasteiger partial charge in [-0.1, -0.05) is 0 Å². The Bertz CT molecular complexity index is 651. The molecule has 0 aliphatic carbocycles. The van der Waals surface area contributed by atoms with E-state index in [-0.39, 0.29) is 6.42 Å². The fourth-order valence-electron chi connectivity index (χ4n) is 2.56. The summed E-state index contributed by atoms with van der Waals surface area (Å²) in [7, 11) is 0. The maximum Gasteiger partial charge on any atom is 0.328 e. The molecule has 13 nitrogen and oxygen atoms in total. The lowest BCUT2D eigenvalue weighted by Gasteiger charge is -2.24. The Hall–Kier alpha value is -2.42. The summed E-state index contributed by atoms with van der Waals surface area (Å²) in [6, 6.07) is -5.04. The number of amides is 4. The molecule has 0 aromatic heterocycles. The van der Waals surface area contributed by atoms with Crippen molar-refractivity contribution in [3.63, 3.8) is 0 Å². The third-order valence-electron chi connectivity index (χ3n) is 4.39. The second-order valence-electron chi connectivity index (χ2n) is 7.05. The van der Waals surface area contributed by atoms with E-state index in [1.807, 2.05) is 11.6 Å². The zero-order chi connectivity index (χ0) is 24.7. The average Bonchev–Trinajstić information content (AvgIpc) is 2.73. The van der Waals surface area contributed by atoms with Crippen LogP contribution in [0.2, 0.25) is 0 Å². The lowest BCUT2D eigenvalue weighted by Crippen LogP contribution is -2.58. The molecule has 4 atom stereocenters. The van der Waals surface area contributed by atoms with Crippen molar-refractivity contribution in [3.8, 4) is 0 Å². The number of carbonyl (C=O) groups is 5. The first-order valence-corrected chi connectivity index (χ1v) is 11.4. The molecule has 14 heteroatoms. The molecule has 4 amide bonds. The first-order chi connectivity index (χ1) is 15.1. The summed E-state index contributed by atoms with van der Waals surface area (Å²) in [5.41, 5.74) is 16.4. The number of hydrogen-bond acceptors (Lipinski definition) is 9. The summed E-state index contributed by atoms with van der Waals surface area (Å²) in [4.78, 5) is 59.9. The monoisotopic (exact) mass is 478 g/mol. The summed E-state index contributed by atoms with van der Waals surface area (Å²) < 4.78 is 0. The summed E-state index contributed by atoms with van der Waals surface area (Å²) in [6.45, 7) is -0.524. The fourth-order valence-corrected chi connectivity index (χ4v) is 3.05. The highest BCUT2D eigenvalue weighted by atomic mass is 32.2. The lowest BCUT2D eigenvalue weighted by atomic mass is 10.1. The van der Waals surface area contributed by atoms with Gasteiger partial charge in [0.05, 0.1) is 19.1 Å². The minimum Gasteiger partial charge on any atom is -0.480 e. The Morgan fingerprint density at radius 3 is 1.97 bits per heavy atom. The summed E-state index contributed by atoms with van der Waals surface area (Å²) >= 11 is 1.51. The molecular formula is C18H34N6O7S. The van der Waals surface area contributed by atoms with Crippen molar-refractivity contribution in [2.24, 2.45) is 17.2 Å². The van der Waals surface area contributed by atoms with E-state index in [4.69, 9.17) is 27.4 Å². The Kier molecular flexibility index (Phi) is 15.0. The van der Waals surface area contributed by atoms with Crippen LogP contribution in [0.15, 0.2) is 0 Å². The van der Waals surface area contributed by atoms with Crippen molar-refractivity contribution in [1.29, 1.82) is 0 Å². The lowest BCUT2D eigenvalue weighted by molar-refractivity contribution is -0.143. The van der Waals surface area contributed by atoms with Crippen LogP contribution in [0.3, 0.4) is 0 Å². The van der Waals surface area contributed by atoms with Gasteiger partial charge in [-0.05, 0) is 44.2 Å². The van der Waals surface area contributed by atoms with Crippen LogP contribution in [0.1, 0.15) is 32.1 Å². The standard InChI is InChI=1S/C18H34N6O7S/c1-32-7-5-10(20)15(27)22-11(4-2-3-6-19)16(28)23-12(8-14(21)26)17(29)24-13(9-25)18(30)31/h10-13,25H,2-9,19-20H2,1H3,(H2,21,26)(H,22,27)(H,23,28)(H,24,29)(H,30,31). The van der Waals surface area contributed by atoms with E-state index in [0.29, 0.717) is 31.6 Å². The molecule has 0 fully saturated rings. The van der Waals surface area contributed by atoms with Crippen LogP contribution in [-0.4, -0.2) is 89.1 Å². The van der Waals surface area contributed by atoms with Crippen molar-refractivity contribution in [2.45, 2.75) is 56.3 Å². The Morgan fingerprint density at radius 1 is 0.906 bits per heavy atom. The maximum atomic E-state index is 12.8. The third kappa shape index (κ3) is 11.8. The molecule has 4 unspecified atom stereocenters. The van der Waals surface area contributed by atoms with E-state index in [1.54, 1.807) is 0 Å². The highest BCUT2D eigenvalue weighted by Crippen LogP contribution is 2.05. The van der Waals surface area contributed by atoms with Crippen LogP contribution in [0.5, 0.6) is 0 Å². The van der Waals surface area contributed by atoms with Gasteiger partial charge in [-0.3, -0.25) is 19.2 Å². The number of unbranched alkanes of at least 4 members (excludes halogenated alkanes) is 1. The molecule has 0 radical (unpaired) electrons. The van der Waals surface area contributed by atoms with Crippen molar-refractivity contribution in [2.75, 3.05) is 25.2 Å². The Labute approximate surface area is 190 Å². The van der Waals surface area contributed by atoms with Gasteiger partial charge in [-0.15, -0.1) is 0 Å². The highest BCUT2D eigenvalue weighted by molar-refractivity contribution is 7.98. The zero-order valence-corrected chi connectivity index (χ0v) is 18.9. The van der Waals surface area contributed by atoms with E-state index in [9.17, 15) is 24.0 Å². The molecule has 0 bridgehead atoms. The van der Waals surface area contributed by atoms with Gasteiger partial charge < -0.3 is 43.4 Å². The van der Waals surface area contributed by atoms with E-state index in [0.717, 1.165) is 0 Å². The van der Waals surface area contributed by atoms with Crippen LogP contribution < -0.4 is 33.2 Å². The molecule has 0 aromatic carbocycles. The van der Waals surface area contributed by atoms with Gasteiger partial charge in [-0.2, -0.15) is 11.8 Å². The molecule has 0 rings (SSSR count). The molecule has 11 N–H and O–H groups in total. The van der Waals surface area contributed by atoms with Gasteiger partial charge in [0.2, 0.25) is 23.6 Å². The topological polar surface area (TPSA) is 240 Å². The normalized spacial score (nSPS) is 14.5. The molecule has 0 heterocycles. The minimum atomic E-state index is -1.63. The highest BCUT2D eigenvalue weighted by Gasteiger charge is 2.30. The largest absolute Gasteiger partial charge is 0.480 e. The average molecular weight is 479 g/mol. The van der Waals surface area contributed by atoms with Gasteiger partial charge in [0.25, 0.3) is 0 Å². The minimum absolute atomic E-state index is 0.198.